The second kappa shape index (κ2) is 25.7. The summed E-state index contributed by atoms with van der Waals surface area (Å²) < 4.78 is 4.80. The molecule has 0 unspecified atom stereocenters. The van der Waals surface area contributed by atoms with E-state index in [0.29, 0.717) is 12.8 Å². The molecule has 1 aliphatic rings. The predicted molar refractivity (Wildman–Crippen MR) is 208 cm³/mol. The van der Waals surface area contributed by atoms with Gasteiger partial charge in [0.05, 0.1) is 19.1 Å². The molecule has 1 fully saturated rings. The van der Waals surface area contributed by atoms with Crippen LogP contribution in [0.25, 0.3) is 0 Å². The quantitative estimate of drug-likeness (QED) is 0.0379. The molecule has 0 spiro atoms. The first-order valence-corrected chi connectivity index (χ1v) is 19.8. The number of nitrogens with one attached hydrogen (secondary N) is 6. The van der Waals surface area contributed by atoms with Crippen molar-refractivity contribution in [3.63, 3.8) is 0 Å². The number of carbonyl (C=O) groups excluding carboxylic acids is 9. The Morgan fingerprint density at radius 1 is 0.678 bits per heavy atom. The minimum atomic E-state index is -1.53. The summed E-state index contributed by atoms with van der Waals surface area (Å²) >= 11 is 0. The fraction of sp³-hybridized carbons (Fsp3) is 0.711. The molecule has 0 aromatic rings. The molecule has 1 rings (SSSR count). The number of carbonyl (C=O) groups is 11. The number of hydrogen-bond acceptors (Lipinski definition) is 12. The smallest absolute Gasteiger partial charge is 0.307 e. The summed E-state index contributed by atoms with van der Waals surface area (Å²) in [6.45, 7) is 11.1. The molecule has 7 amide bonds. The lowest BCUT2D eigenvalue weighted by atomic mass is 9.98. The normalized spacial score (nSPS) is 16.1. The second-order valence-corrected chi connectivity index (χ2v) is 14.9. The van der Waals surface area contributed by atoms with Crippen LogP contribution in [-0.2, 0) is 57.5 Å². The van der Waals surface area contributed by atoms with Crippen LogP contribution < -0.4 is 31.9 Å². The van der Waals surface area contributed by atoms with Gasteiger partial charge in [-0.1, -0.05) is 41.0 Å². The maximum absolute atomic E-state index is 14.0. The van der Waals surface area contributed by atoms with E-state index in [-0.39, 0.29) is 45.4 Å². The van der Waals surface area contributed by atoms with E-state index < -0.39 is 132 Å². The minimum Gasteiger partial charge on any atom is -0.481 e. The monoisotopic (exact) mass is 839 g/mol. The van der Waals surface area contributed by atoms with Crippen molar-refractivity contribution in [3.05, 3.63) is 0 Å². The van der Waals surface area contributed by atoms with E-state index in [9.17, 15) is 57.8 Å². The number of aliphatic carboxylic acids is 2. The molecule has 1 aliphatic heterocycles. The number of Topliss-reactive ketones (excluding diaryl/α,β-unsaturated/α-hetero) is 1. The third-order valence-corrected chi connectivity index (χ3v) is 9.29. The molecule has 0 aliphatic carbocycles. The van der Waals surface area contributed by atoms with Crippen LogP contribution in [0.3, 0.4) is 0 Å². The van der Waals surface area contributed by atoms with Gasteiger partial charge in [-0.15, -0.1) is 0 Å². The largest absolute Gasteiger partial charge is 0.481 e. The van der Waals surface area contributed by atoms with Crippen molar-refractivity contribution in [3.8, 4) is 0 Å². The molecule has 332 valence electrons. The number of ketones is 1. The summed E-state index contributed by atoms with van der Waals surface area (Å²) in [5, 5.41) is 33.1. The molecule has 21 nitrogen and oxygen atoms in total. The number of esters is 1. The Hall–Kier alpha value is -5.63. The number of nitrogens with zero attached hydrogens (tertiary/aromatic N) is 1. The number of ether oxygens (including phenoxy) is 1. The molecule has 0 bridgehead atoms. The summed E-state index contributed by atoms with van der Waals surface area (Å²) in [6, 6.07) is -7.68. The SMILES string of the molecule is CCC[C@H](NC(=O)[C@@H]1CCCN1C(=O)[C@@H](NC(=O)[C@@H](NC(=O)[C@H](CCC(=O)O)NC(=O)[C@H](CCC(=O)O)NC(C)=O)C(C)C)C(C)C)C(=O)C(=O)NCCC(=O)OCC. The zero-order chi connectivity index (χ0) is 45.0. The molecule has 0 radical (unpaired) electrons. The summed E-state index contributed by atoms with van der Waals surface area (Å²) in [5.74, 6) is -10.8. The van der Waals surface area contributed by atoms with Gasteiger partial charge in [0.1, 0.15) is 30.2 Å². The summed E-state index contributed by atoms with van der Waals surface area (Å²) in [4.78, 5) is 141. The van der Waals surface area contributed by atoms with Gasteiger partial charge >= 0.3 is 17.9 Å². The van der Waals surface area contributed by atoms with Crippen molar-refractivity contribution in [1.82, 2.24) is 36.8 Å². The number of rotatable bonds is 26. The van der Waals surface area contributed by atoms with E-state index in [1.807, 2.05) is 0 Å². The van der Waals surface area contributed by atoms with E-state index in [1.165, 1.54) is 4.90 Å². The number of hydrogen-bond donors (Lipinski definition) is 8. The van der Waals surface area contributed by atoms with Crippen molar-refractivity contribution in [2.75, 3.05) is 19.7 Å². The topological polar surface area (TPSA) is 313 Å². The Balaban J connectivity index is 3.18. The van der Waals surface area contributed by atoms with Crippen LogP contribution in [-0.4, -0.2) is 136 Å². The fourth-order valence-corrected chi connectivity index (χ4v) is 6.20. The molecule has 59 heavy (non-hydrogen) atoms. The molecule has 0 saturated carbocycles. The highest BCUT2D eigenvalue weighted by molar-refractivity contribution is 6.38. The van der Waals surface area contributed by atoms with Gasteiger partial charge in [0, 0.05) is 32.9 Å². The van der Waals surface area contributed by atoms with E-state index in [2.05, 4.69) is 31.9 Å². The van der Waals surface area contributed by atoms with Gasteiger partial charge in [-0.05, 0) is 50.9 Å². The van der Waals surface area contributed by atoms with Crippen LogP contribution in [0.1, 0.15) is 106 Å². The van der Waals surface area contributed by atoms with Crippen molar-refractivity contribution in [2.24, 2.45) is 11.8 Å². The zero-order valence-electron chi connectivity index (χ0n) is 34.8. The van der Waals surface area contributed by atoms with Crippen molar-refractivity contribution >= 4 is 65.0 Å². The maximum atomic E-state index is 14.0. The average molecular weight is 840 g/mol. The Labute approximate surface area is 343 Å². The predicted octanol–water partition coefficient (Wildman–Crippen LogP) is -1.10. The van der Waals surface area contributed by atoms with Crippen LogP contribution in [0, 0.1) is 11.8 Å². The van der Waals surface area contributed by atoms with Crippen molar-refractivity contribution < 1.29 is 67.7 Å². The average Bonchev–Trinajstić information content (AvgIpc) is 3.65. The minimum absolute atomic E-state index is 0.116. The van der Waals surface area contributed by atoms with E-state index in [1.54, 1.807) is 41.5 Å². The first-order valence-electron chi connectivity index (χ1n) is 19.8. The molecule has 6 atom stereocenters. The van der Waals surface area contributed by atoms with Crippen LogP contribution in [0.2, 0.25) is 0 Å². The van der Waals surface area contributed by atoms with Crippen molar-refractivity contribution in [2.45, 2.75) is 143 Å². The maximum Gasteiger partial charge on any atom is 0.307 e. The summed E-state index contributed by atoms with van der Waals surface area (Å²) in [5.41, 5.74) is 0. The van der Waals surface area contributed by atoms with E-state index in [0.717, 1.165) is 6.92 Å². The molecule has 8 N–H and O–H groups in total. The van der Waals surface area contributed by atoms with Gasteiger partial charge in [0.15, 0.2) is 0 Å². The first kappa shape index (κ1) is 51.4. The molecule has 21 heteroatoms. The van der Waals surface area contributed by atoms with E-state index >= 15 is 0 Å². The third-order valence-electron chi connectivity index (χ3n) is 9.29. The number of carboxylic acids is 2. The highest BCUT2D eigenvalue weighted by atomic mass is 16.5. The molecule has 1 heterocycles. The van der Waals surface area contributed by atoms with Gasteiger partial charge in [0.2, 0.25) is 41.2 Å². The standard InChI is InChI=1S/C38H61N7O14/c1-8-11-23(32(52)37(57)39-18-17-29(51)59-9-2)41-35(55)26-12-10-19-45(26)38(58)31(21(5)6)44-36(56)30(20(3)4)43-34(54)25(14-16-28(49)50)42-33(53)24(40-22(7)46)13-15-27(47)48/h20-21,23-26,30-31H,8-19H2,1-7H3,(H,39,57)(H,40,46)(H,41,55)(H,42,53)(H,43,54)(H,44,56)(H,47,48)(H,49,50)/t23-,24-,25-,26-,30-,31-/m0/s1. The summed E-state index contributed by atoms with van der Waals surface area (Å²) in [7, 11) is 0. The summed E-state index contributed by atoms with van der Waals surface area (Å²) in [6.07, 6.45) is -0.819. The molecule has 0 aromatic heterocycles. The molecule has 1 saturated heterocycles. The number of likely N-dealkylation sites (tertiary alicyclic amines) is 1. The lowest BCUT2D eigenvalue weighted by Crippen LogP contribution is -2.61. The van der Waals surface area contributed by atoms with Crippen LogP contribution >= 0.6 is 0 Å². The molecular formula is C38H61N7O14. The van der Waals surface area contributed by atoms with Gasteiger partial charge < -0.3 is 51.8 Å². The van der Waals surface area contributed by atoms with Gasteiger partial charge in [0.25, 0.3) is 5.91 Å². The lowest BCUT2D eigenvalue weighted by Gasteiger charge is -2.33. The van der Waals surface area contributed by atoms with Gasteiger partial charge in [-0.3, -0.25) is 52.7 Å². The third kappa shape index (κ3) is 17.8. The van der Waals surface area contributed by atoms with E-state index in [4.69, 9.17) is 9.84 Å². The fourth-order valence-electron chi connectivity index (χ4n) is 6.20. The van der Waals surface area contributed by atoms with Crippen molar-refractivity contribution in [1.29, 1.82) is 0 Å². The Morgan fingerprint density at radius 2 is 1.22 bits per heavy atom. The van der Waals surface area contributed by atoms with Crippen LogP contribution in [0.5, 0.6) is 0 Å². The number of amides is 7. The first-order chi connectivity index (χ1) is 27.6. The van der Waals surface area contributed by atoms with Crippen LogP contribution in [0.4, 0.5) is 0 Å². The van der Waals surface area contributed by atoms with Crippen LogP contribution in [0.15, 0.2) is 0 Å². The van der Waals surface area contributed by atoms with Gasteiger partial charge in [-0.25, -0.2) is 0 Å². The Kier molecular flexibility index (Phi) is 22.4. The zero-order valence-corrected chi connectivity index (χ0v) is 34.8. The Morgan fingerprint density at radius 3 is 1.73 bits per heavy atom. The van der Waals surface area contributed by atoms with Gasteiger partial charge in [-0.2, -0.15) is 0 Å². The highest BCUT2D eigenvalue weighted by Gasteiger charge is 2.41. The molecular weight excluding hydrogens is 778 g/mol. The lowest BCUT2D eigenvalue weighted by molar-refractivity contribution is -0.145. The highest BCUT2D eigenvalue weighted by Crippen LogP contribution is 2.21. The second-order valence-electron chi connectivity index (χ2n) is 14.9. The Bertz CT molecular complexity index is 1550. The number of carboxylic acid groups (broad SMARTS) is 2. The molecule has 0 aromatic carbocycles.